The number of amides is 2. The fourth-order valence-corrected chi connectivity index (χ4v) is 3.09. The van der Waals surface area contributed by atoms with Crippen LogP contribution in [0.15, 0.2) is 77.5 Å². The molecule has 9 heteroatoms. The van der Waals surface area contributed by atoms with Crippen molar-refractivity contribution in [1.29, 1.82) is 0 Å². The molecule has 3 aromatic carbocycles. The Kier molecular flexibility index (Phi) is 6.73. The maximum atomic E-state index is 12.9. The molecule has 0 fully saturated rings. The number of carbonyl (C=O) groups is 2. The fourth-order valence-electron chi connectivity index (χ4n) is 3.09. The highest BCUT2D eigenvalue weighted by atomic mass is 16.7. The van der Waals surface area contributed by atoms with E-state index in [9.17, 15) is 14.7 Å². The minimum absolute atomic E-state index is 0.0381. The monoisotopic (exact) mass is 459 g/mol. The first-order chi connectivity index (χ1) is 16.5. The van der Waals surface area contributed by atoms with Crippen molar-refractivity contribution in [2.75, 3.05) is 13.9 Å². The molecule has 0 aromatic heterocycles. The van der Waals surface area contributed by atoms with Gasteiger partial charge in [-0.15, -0.1) is 0 Å². The van der Waals surface area contributed by atoms with E-state index in [4.69, 9.17) is 14.2 Å². The molecular formula is C25H21N3O6. The molecular weight excluding hydrogens is 438 g/mol. The zero-order valence-corrected chi connectivity index (χ0v) is 18.1. The number of hydrogen-bond donors (Lipinski definition) is 3. The first-order valence-electron chi connectivity index (χ1n) is 10.2. The summed E-state index contributed by atoms with van der Waals surface area (Å²) in [4.78, 5) is 25.6. The molecule has 0 saturated carbocycles. The lowest BCUT2D eigenvalue weighted by atomic mass is 10.1. The van der Waals surface area contributed by atoms with Crippen molar-refractivity contribution in [2.45, 2.75) is 0 Å². The van der Waals surface area contributed by atoms with Crippen LogP contribution in [0.2, 0.25) is 0 Å². The molecule has 0 radical (unpaired) electrons. The summed E-state index contributed by atoms with van der Waals surface area (Å²) in [6.45, 7) is 0.119. The summed E-state index contributed by atoms with van der Waals surface area (Å²) >= 11 is 0. The van der Waals surface area contributed by atoms with Gasteiger partial charge in [0.1, 0.15) is 17.2 Å². The average molecular weight is 459 g/mol. The Hall–Kier alpha value is -4.79. The van der Waals surface area contributed by atoms with Crippen LogP contribution in [0.1, 0.15) is 21.5 Å². The SMILES string of the molecule is COc1ccc(/C=N\NC(=O)/C(=C\c2ccc3c(c2)OCO3)NC(=O)c2ccccc2)c(O)c1. The third-order valence-corrected chi connectivity index (χ3v) is 4.84. The third-order valence-electron chi connectivity index (χ3n) is 4.84. The summed E-state index contributed by atoms with van der Waals surface area (Å²) in [6, 6.07) is 18.3. The summed E-state index contributed by atoms with van der Waals surface area (Å²) in [5, 5.41) is 16.6. The number of ether oxygens (including phenoxy) is 3. The Morgan fingerprint density at radius 2 is 1.82 bits per heavy atom. The molecule has 9 nitrogen and oxygen atoms in total. The van der Waals surface area contributed by atoms with E-state index in [1.807, 2.05) is 0 Å². The molecule has 4 rings (SSSR count). The molecule has 0 aliphatic carbocycles. The molecule has 0 unspecified atom stereocenters. The Morgan fingerprint density at radius 1 is 1.03 bits per heavy atom. The summed E-state index contributed by atoms with van der Waals surface area (Å²) in [6.07, 6.45) is 2.78. The highest BCUT2D eigenvalue weighted by Gasteiger charge is 2.17. The maximum absolute atomic E-state index is 12.9. The van der Waals surface area contributed by atoms with Gasteiger partial charge in [0, 0.05) is 17.2 Å². The molecule has 0 saturated heterocycles. The van der Waals surface area contributed by atoms with Gasteiger partial charge in [-0.3, -0.25) is 9.59 Å². The minimum Gasteiger partial charge on any atom is -0.507 e. The molecule has 3 N–H and O–H groups in total. The van der Waals surface area contributed by atoms with Gasteiger partial charge in [0.15, 0.2) is 11.5 Å². The van der Waals surface area contributed by atoms with Crippen molar-refractivity contribution in [3.05, 3.63) is 89.1 Å². The van der Waals surface area contributed by atoms with Gasteiger partial charge in [0.05, 0.1) is 13.3 Å². The largest absolute Gasteiger partial charge is 0.507 e. The van der Waals surface area contributed by atoms with Gasteiger partial charge < -0.3 is 24.6 Å². The number of aromatic hydroxyl groups is 1. The number of phenols is 1. The first-order valence-corrected chi connectivity index (χ1v) is 10.2. The molecule has 0 atom stereocenters. The molecule has 34 heavy (non-hydrogen) atoms. The first kappa shape index (κ1) is 22.4. The molecule has 0 spiro atoms. The van der Waals surface area contributed by atoms with E-state index >= 15 is 0 Å². The maximum Gasteiger partial charge on any atom is 0.287 e. The van der Waals surface area contributed by atoms with Gasteiger partial charge in [-0.2, -0.15) is 5.10 Å². The molecule has 2 amide bonds. The lowest BCUT2D eigenvalue weighted by Crippen LogP contribution is -2.32. The predicted octanol–water partition coefficient (Wildman–Crippen LogP) is 3.05. The topological polar surface area (TPSA) is 118 Å². The lowest BCUT2D eigenvalue weighted by Gasteiger charge is -2.09. The second-order valence-electron chi connectivity index (χ2n) is 7.11. The van der Waals surface area contributed by atoms with E-state index in [0.29, 0.717) is 33.9 Å². The number of benzene rings is 3. The van der Waals surface area contributed by atoms with Gasteiger partial charge in [0.2, 0.25) is 6.79 Å². The van der Waals surface area contributed by atoms with Crippen LogP contribution < -0.4 is 25.0 Å². The number of nitrogens with zero attached hydrogens (tertiary/aromatic N) is 1. The van der Waals surface area contributed by atoms with E-state index in [0.717, 1.165) is 0 Å². The van der Waals surface area contributed by atoms with Crippen molar-refractivity contribution in [1.82, 2.24) is 10.7 Å². The second-order valence-corrected chi connectivity index (χ2v) is 7.11. The minimum atomic E-state index is -0.661. The Labute approximate surface area is 195 Å². The van der Waals surface area contributed by atoms with Crippen LogP contribution in [0.4, 0.5) is 0 Å². The van der Waals surface area contributed by atoms with Crippen LogP contribution in [-0.2, 0) is 4.79 Å². The number of hydrogen-bond acceptors (Lipinski definition) is 7. The number of nitrogens with one attached hydrogen (secondary N) is 2. The third kappa shape index (κ3) is 5.33. The number of phenolic OH excluding ortho intramolecular Hbond substituents is 1. The fraction of sp³-hybridized carbons (Fsp3) is 0.0800. The summed E-state index contributed by atoms with van der Waals surface area (Å²) < 4.78 is 15.7. The molecule has 1 aliphatic rings. The number of rotatable bonds is 7. The van der Waals surface area contributed by atoms with Crippen molar-refractivity contribution in [3.8, 4) is 23.0 Å². The quantitative estimate of drug-likeness (QED) is 0.284. The summed E-state index contributed by atoms with van der Waals surface area (Å²) in [5.74, 6) is 0.434. The Morgan fingerprint density at radius 3 is 2.59 bits per heavy atom. The van der Waals surface area contributed by atoms with Crippen molar-refractivity contribution in [2.24, 2.45) is 5.10 Å². The predicted molar refractivity (Wildman–Crippen MR) is 125 cm³/mol. The Bertz CT molecular complexity index is 1270. The number of carbonyl (C=O) groups excluding carboxylic acids is 2. The van der Waals surface area contributed by atoms with Crippen molar-refractivity contribution < 1.29 is 28.9 Å². The van der Waals surface area contributed by atoms with Crippen LogP contribution in [0.25, 0.3) is 6.08 Å². The van der Waals surface area contributed by atoms with Crippen LogP contribution in [0, 0.1) is 0 Å². The van der Waals surface area contributed by atoms with Crippen LogP contribution in [0.5, 0.6) is 23.0 Å². The molecule has 1 heterocycles. The zero-order chi connectivity index (χ0) is 23.9. The smallest absolute Gasteiger partial charge is 0.287 e. The van der Waals surface area contributed by atoms with Crippen LogP contribution in [0.3, 0.4) is 0 Å². The highest BCUT2D eigenvalue weighted by Crippen LogP contribution is 2.33. The summed E-state index contributed by atoms with van der Waals surface area (Å²) in [5.41, 5.74) is 3.70. The van der Waals surface area contributed by atoms with Gasteiger partial charge in [0.25, 0.3) is 11.8 Å². The molecule has 1 aliphatic heterocycles. The van der Waals surface area contributed by atoms with Crippen molar-refractivity contribution in [3.63, 3.8) is 0 Å². The van der Waals surface area contributed by atoms with Crippen LogP contribution in [-0.4, -0.2) is 37.0 Å². The van der Waals surface area contributed by atoms with E-state index in [2.05, 4.69) is 15.8 Å². The Balaban J connectivity index is 1.55. The number of hydrazone groups is 1. The van der Waals surface area contributed by atoms with Gasteiger partial charge >= 0.3 is 0 Å². The number of methoxy groups -OCH3 is 1. The normalized spacial score (nSPS) is 12.4. The lowest BCUT2D eigenvalue weighted by molar-refractivity contribution is -0.117. The van der Waals surface area contributed by atoms with Gasteiger partial charge in [-0.05, 0) is 48.0 Å². The highest BCUT2D eigenvalue weighted by molar-refractivity contribution is 6.05. The van der Waals surface area contributed by atoms with Gasteiger partial charge in [-0.25, -0.2) is 5.43 Å². The molecule has 0 bridgehead atoms. The number of fused-ring (bicyclic) bond motifs is 1. The molecule has 172 valence electrons. The molecule has 3 aromatic rings. The van der Waals surface area contributed by atoms with Crippen molar-refractivity contribution >= 4 is 24.1 Å². The average Bonchev–Trinajstić information content (AvgIpc) is 3.33. The summed E-state index contributed by atoms with van der Waals surface area (Å²) in [7, 11) is 1.49. The van der Waals surface area contributed by atoms with Gasteiger partial charge in [-0.1, -0.05) is 24.3 Å². The zero-order valence-electron chi connectivity index (χ0n) is 18.1. The van der Waals surface area contributed by atoms with E-state index < -0.39 is 11.8 Å². The van der Waals surface area contributed by atoms with Crippen LogP contribution >= 0.6 is 0 Å². The second kappa shape index (κ2) is 10.2. The van der Waals surface area contributed by atoms with E-state index in [1.54, 1.807) is 60.7 Å². The van der Waals surface area contributed by atoms with E-state index in [1.165, 1.54) is 25.5 Å². The standard InChI is InChI=1S/C25H21N3O6/c1-32-19-9-8-18(21(29)13-19)14-26-28-25(31)20(27-24(30)17-5-3-2-4-6-17)11-16-7-10-22-23(12-16)34-15-33-22/h2-14,29H,15H2,1H3,(H,27,30)(H,28,31)/b20-11+,26-14-. The van der Waals surface area contributed by atoms with E-state index in [-0.39, 0.29) is 18.2 Å².